The number of H-pyrrole nitrogens is 1. The molecule has 3 rings (SSSR count). The van der Waals surface area contributed by atoms with Crippen LogP contribution in [0.25, 0.3) is 10.9 Å². The van der Waals surface area contributed by atoms with Gasteiger partial charge in [0.1, 0.15) is 0 Å². The van der Waals surface area contributed by atoms with Gasteiger partial charge in [-0.1, -0.05) is 30.3 Å². The van der Waals surface area contributed by atoms with Crippen molar-refractivity contribution in [1.82, 2.24) is 14.8 Å². The van der Waals surface area contributed by atoms with Crippen molar-refractivity contribution in [3.8, 4) is 0 Å². The monoisotopic (exact) mass is 225 g/mol. The molecule has 0 aliphatic rings. The third-order valence-electron chi connectivity index (χ3n) is 2.76. The number of hydrogen-bond acceptors (Lipinski definition) is 2. The van der Waals surface area contributed by atoms with E-state index in [1.807, 2.05) is 41.1 Å². The smallest absolute Gasteiger partial charge is 0.259 e. The Hall–Kier alpha value is -2.36. The summed E-state index contributed by atoms with van der Waals surface area (Å²) in [4.78, 5) is 14.2. The highest BCUT2D eigenvalue weighted by Gasteiger charge is 2.05. The predicted octanol–water partition coefficient (Wildman–Crippen LogP) is 1.77. The molecule has 0 spiro atoms. The fraction of sp³-hybridized carbons (Fsp3) is 0.0769. The zero-order valence-corrected chi connectivity index (χ0v) is 9.13. The van der Waals surface area contributed by atoms with Gasteiger partial charge >= 0.3 is 0 Å². The minimum atomic E-state index is -0.0955. The highest BCUT2D eigenvalue weighted by atomic mass is 16.1. The van der Waals surface area contributed by atoms with Gasteiger partial charge in [-0.3, -0.25) is 9.48 Å². The molecule has 2 aromatic heterocycles. The van der Waals surface area contributed by atoms with Gasteiger partial charge in [0.25, 0.3) is 5.56 Å². The van der Waals surface area contributed by atoms with E-state index in [-0.39, 0.29) is 5.56 Å². The van der Waals surface area contributed by atoms with Crippen molar-refractivity contribution >= 4 is 10.9 Å². The molecule has 0 radical (unpaired) electrons. The molecule has 0 saturated carbocycles. The molecule has 3 aromatic rings. The van der Waals surface area contributed by atoms with Gasteiger partial charge in [0, 0.05) is 6.20 Å². The molecule has 0 unspecified atom stereocenters. The number of benzene rings is 1. The number of aromatic nitrogens is 3. The van der Waals surface area contributed by atoms with E-state index in [0.717, 1.165) is 11.1 Å². The highest BCUT2D eigenvalue weighted by Crippen LogP contribution is 2.10. The van der Waals surface area contributed by atoms with Gasteiger partial charge in [-0.2, -0.15) is 5.10 Å². The molecule has 1 aromatic carbocycles. The third kappa shape index (κ3) is 1.73. The first-order valence-corrected chi connectivity index (χ1v) is 5.42. The second kappa shape index (κ2) is 3.90. The van der Waals surface area contributed by atoms with Gasteiger partial charge in [0.15, 0.2) is 0 Å². The van der Waals surface area contributed by atoms with E-state index >= 15 is 0 Å². The van der Waals surface area contributed by atoms with Crippen LogP contribution in [-0.4, -0.2) is 14.8 Å². The largest absolute Gasteiger partial charge is 0.328 e. The molecule has 2 heterocycles. The lowest BCUT2D eigenvalue weighted by molar-refractivity contribution is 0.712. The van der Waals surface area contributed by atoms with Crippen LogP contribution in [0, 0.1) is 0 Å². The SMILES string of the molecule is O=c1[nH]ccc2c1cnn2Cc1ccccc1. The topological polar surface area (TPSA) is 50.7 Å². The van der Waals surface area contributed by atoms with Crippen LogP contribution >= 0.6 is 0 Å². The van der Waals surface area contributed by atoms with Crippen molar-refractivity contribution in [3.05, 3.63) is 64.7 Å². The maximum absolute atomic E-state index is 11.5. The van der Waals surface area contributed by atoms with Crippen LogP contribution in [0.1, 0.15) is 5.56 Å². The van der Waals surface area contributed by atoms with Crippen molar-refractivity contribution in [2.24, 2.45) is 0 Å². The van der Waals surface area contributed by atoms with Crippen molar-refractivity contribution < 1.29 is 0 Å². The molecule has 4 heteroatoms. The summed E-state index contributed by atoms with van der Waals surface area (Å²) in [5.41, 5.74) is 1.93. The Morgan fingerprint density at radius 3 is 2.82 bits per heavy atom. The van der Waals surface area contributed by atoms with E-state index in [4.69, 9.17) is 0 Å². The number of nitrogens with zero attached hydrogens (tertiary/aromatic N) is 2. The summed E-state index contributed by atoms with van der Waals surface area (Å²) >= 11 is 0. The number of fused-ring (bicyclic) bond motifs is 1. The minimum absolute atomic E-state index is 0.0955. The number of pyridine rings is 1. The Kier molecular flexibility index (Phi) is 2.26. The molecule has 17 heavy (non-hydrogen) atoms. The predicted molar refractivity (Wildman–Crippen MR) is 65.9 cm³/mol. The quantitative estimate of drug-likeness (QED) is 0.722. The highest BCUT2D eigenvalue weighted by molar-refractivity contribution is 5.77. The zero-order chi connectivity index (χ0) is 11.7. The summed E-state index contributed by atoms with van der Waals surface area (Å²) in [6.07, 6.45) is 3.25. The Balaban J connectivity index is 2.08. The van der Waals surface area contributed by atoms with Gasteiger partial charge in [-0.25, -0.2) is 0 Å². The van der Waals surface area contributed by atoms with E-state index in [1.165, 1.54) is 0 Å². The van der Waals surface area contributed by atoms with E-state index in [9.17, 15) is 4.79 Å². The van der Waals surface area contributed by atoms with Crippen molar-refractivity contribution in [2.45, 2.75) is 6.54 Å². The van der Waals surface area contributed by atoms with Crippen LogP contribution in [0.4, 0.5) is 0 Å². The molecule has 4 nitrogen and oxygen atoms in total. The van der Waals surface area contributed by atoms with Crippen molar-refractivity contribution in [2.75, 3.05) is 0 Å². The molecule has 1 N–H and O–H groups in total. The molecule has 0 fully saturated rings. The van der Waals surface area contributed by atoms with Crippen LogP contribution in [0.3, 0.4) is 0 Å². The van der Waals surface area contributed by atoms with Crippen LogP contribution in [0.5, 0.6) is 0 Å². The van der Waals surface area contributed by atoms with E-state index in [1.54, 1.807) is 12.4 Å². The maximum atomic E-state index is 11.5. The third-order valence-corrected chi connectivity index (χ3v) is 2.76. The van der Waals surface area contributed by atoms with Gasteiger partial charge in [0.05, 0.1) is 23.6 Å². The fourth-order valence-corrected chi connectivity index (χ4v) is 1.90. The Morgan fingerprint density at radius 2 is 2.00 bits per heavy atom. The molecular formula is C13H11N3O. The van der Waals surface area contributed by atoms with Crippen LogP contribution < -0.4 is 5.56 Å². The van der Waals surface area contributed by atoms with Gasteiger partial charge < -0.3 is 4.98 Å². The lowest BCUT2D eigenvalue weighted by atomic mass is 10.2. The summed E-state index contributed by atoms with van der Waals surface area (Å²) in [6, 6.07) is 11.9. The van der Waals surface area contributed by atoms with Crippen LogP contribution in [-0.2, 0) is 6.54 Å². The van der Waals surface area contributed by atoms with Gasteiger partial charge in [-0.05, 0) is 11.6 Å². The first-order valence-electron chi connectivity index (χ1n) is 5.42. The normalized spacial score (nSPS) is 10.8. The molecule has 0 amide bonds. The molecule has 0 bridgehead atoms. The van der Waals surface area contributed by atoms with Crippen LogP contribution in [0.2, 0.25) is 0 Å². The Labute approximate surface area is 97.5 Å². The van der Waals surface area contributed by atoms with E-state index in [2.05, 4.69) is 10.1 Å². The molecular weight excluding hydrogens is 214 g/mol. The number of rotatable bonds is 2. The van der Waals surface area contributed by atoms with Gasteiger partial charge in [0.2, 0.25) is 0 Å². The molecule has 84 valence electrons. The van der Waals surface area contributed by atoms with Crippen LogP contribution in [0.15, 0.2) is 53.6 Å². The average molecular weight is 225 g/mol. The van der Waals surface area contributed by atoms with E-state index in [0.29, 0.717) is 11.9 Å². The minimum Gasteiger partial charge on any atom is -0.328 e. The second-order valence-corrected chi connectivity index (χ2v) is 3.89. The summed E-state index contributed by atoms with van der Waals surface area (Å²) in [5, 5.41) is 4.88. The molecule has 0 aliphatic heterocycles. The Morgan fingerprint density at radius 1 is 1.18 bits per heavy atom. The standard InChI is InChI=1S/C13H11N3O/c17-13-11-8-15-16(12(11)6-7-14-13)9-10-4-2-1-3-5-10/h1-8H,9H2,(H,14,17). The lowest BCUT2D eigenvalue weighted by Gasteiger charge is -2.03. The molecule has 0 atom stereocenters. The molecule has 0 saturated heterocycles. The summed E-state index contributed by atoms with van der Waals surface area (Å²) in [7, 11) is 0. The Bertz CT molecular complexity index is 697. The summed E-state index contributed by atoms with van der Waals surface area (Å²) in [6.45, 7) is 0.674. The summed E-state index contributed by atoms with van der Waals surface area (Å²) < 4.78 is 1.83. The number of nitrogens with one attached hydrogen (secondary N) is 1. The molecule has 0 aliphatic carbocycles. The van der Waals surface area contributed by atoms with E-state index < -0.39 is 0 Å². The lowest BCUT2D eigenvalue weighted by Crippen LogP contribution is -2.05. The fourth-order valence-electron chi connectivity index (χ4n) is 1.90. The number of hydrogen-bond donors (Lipinski definition) is 1. The van der Waals surface area contributed by atoms with Crippen molar-refractivity contribution in [3.63, 3.8) is 0 Å². The van der Waals surface area contributed by atoms with Crippen molar-refractivity contribution in [1.29, 1.82) is 0 Å². The first kappa shape index (κ1) is 9.84. The zero-order valence-electron chi connectivity index (χ0n) is 9.13. The summed E-state index contributed by atoms with van der Waals surface area (Å²) in [5.74, 6) is 0. The number of aromatic amines is 1. The average Bonchev–Trinajstić information content (AvgIpc) is 2.76. The first-order chi connectivity index (χ1) is 8.34. The second-order valence-electron chi connectivity index (χ2n) is 3.89. The maximum Gasteiger partial charge on any atom is 0.259 e. The van der Waals surface area contributed by atoms with Gasteiger partial charge in [-0.15, -0.1) is 0 Å².